The number of nitrogens with two attached hydrogens (primary N) is 1. The Labute approximate surface area is 176 Å². The summed E-state index contributed by atoms with van der Waals surface area (Å²) in [6, 6.07) is 10.4. The van der Waals surface area contributed by atoms with E-state index in [2.05, 4.69) is 71.1 Å². The summed E-state index contributed by atoms with van der Waals surface area (Å²) in [5, 5.41) is 9.13. The Bertz CT molecular complexity index is 1020. The van der Waals surface area contributed by atoms with E-state index < -0.39 is 0 Å². The van der Waals surface area contributed by atoms with Crippen LogP contribution in [0.1, 0.15) is 66.6 Å². The highest BCUT2D eigenvalue weighted by Crippen LogP contribution is 2.29. The number of anilines is 1. The zero-order chi connectivity index (χ0) is 21.6. The normalized spacial score (nSPS) is 10.7. The molecule has 0 unspecified atom stereocenters. The van der Waals surface area contributed by atoms with Crippen molar-refractivity contribution in [1.29, 1.82) is 5.26 Å². The van der Waals surface area contributed by atoms with Crippen molar-refractivity contribution >= 4 is 17.8 Å². The van der Waals surface area contributed by atoms with Crippen molar-refractivity contribution in [3.8, 4) is 6.07 Å². The van der Waals surface area contributed by atoms with E-state index in [9.17, 15) is 0 Å². The van der Waals surface area contributed by atoms with E-state index in [1.165, 1.54) is 27.8 Å². The molecule has 2 aromatic carbocycles. The lowest BCUT2D eigenvalue weighted by atomic mass is 9.91. The molecule has 0 aromatic heterocycles. The molecule has 2 nitrogen and oxygen atoms in total. The molecule has 0 heterocycles. The van der Waals surface area contributed by atoms with Crippen LogP contribution in [0.25, 0.3) is 12.2 Å². The van der Waals surface area contributed by atoms with Gasteiger partial charge in [0.25, 0.3) is 0 Å². The lowest BCUT2D eigenvalue weighted by Gasteiger charge is -2.16. The fourth-order valence-electron chi connectivity index (χ4n) is 3.32. The highest BCUT2D eigenvalue weighted by molar-refractivity contribution is 5.76. The Kier molecular flexibility index (Phi) is 7.62. The third-order valence-corrected chi connectivity index (χ3v) is 5.10. The first-order chi connectivity index (χ1) is 13.7. The predicted octanol–water partition coefficient (Wildman–Crippen LogP) is 6.95. The SMILES string of the molecule is CC(C)=CCc1c(C)cc(/C=C/c2ccc(C#N)c(C)c2)c(CC=C(C)C)c1N. The van der Waals surface area contributed by atoms with Crippen LogP contribution in [0.4, 0.5) is 5.69 Å². The van der Waals surface area contributed by atoms with Crippen LogP contribution in [0.5, 0.6) is 0 Å². The van der Waals surface area contributed by atoms with Gasteiger partial charge in [-0.1, -0.05) is 53.6 Å². The average Bonchev–Trinajstić information content (AvgIpc) is 2.65. The van der Waals surface area contributed by atoms with E-state index in [4.69, 9.17) is 11.0 Å². The van der Waals surface area contributed by atoms with Crippen molar-refractivity contribution in [2.24, 2.45) is 0 Å². The van der Waals surface area contributed by atoms with E-state index in [1.54, 1.807) is 0 Å². The number of allylic oxidation sites excluding steroid dienone is 4. The molecule has 0 bridgehead atoms. The van der Waals surface area contributed by atoms with Crippen molar-refractivity contribution < 1.29 is 0 Å². The number of hydrogen-bond acceptors (Lipinski definition) is 2. The summed E-state index contributed by atoms with van der Waals surface area (Å²) >= 11 is 0. The van der Waals surface area contributed by atoms with Gasteiger partial charge in [-0.25, -0.2) is 0 Å². The van der Waals surface area contributed by atoms with Crippen LogP contribution in [0.2, 0.25) is 0 Å². The van der Waals surface area contributed by atoms with Crippen LogP contribution in [0, 0.1) is 25.2 Å². The first-order valence-electron chi connectivity index (χ1n) is 10.1. The molecule has 0 amide bonds. The van der Waals surface area contributed by atoms with Crippen molar-refractivity contribution in [3.63, 3.8) is 0 Å². The summed E-state index contributed by atoms with van der Waals surface area (Å²) < 4.78 is 0. The first-order valence-corrected chi connectivity index (χ1v) is 10.1. The Morgan fingerprint density at radius 2 is 1.52 bits per heavy atom. The van der Waals surface area contributed by atoms with Crippen molar-refractivity contribution in [3.05, 3.63) is 86.5 Å². The highest BCUT2D eigenvalue weighted by atomic mass is 14.6. The van der Waals surface area contributed by atoms with Gasteiger partial charge in [-0.2, -0.15) is 5.26 Å². The monoisotopic (exact) mass is 384 g/mol. The van der Waals surface area contributed by atoms with Gasteiger partial charge >= 0.3 is 0 Å². The summed E-state index contributed by atoms with van der Waals surface area (Å²) in [6.45, 7) is 12.6. The smallest absolute Gasteiger partial charge is 0.0994 e. The van der Waals surface area contributed by atoms with Crippen LogP contribution in [0.3, 0.4) is 0 Å². The van der Waals surface area contributed by atoms with E-state index in [-0.39, 0.29) is 0 Å². The molecule has 0 aliphatic rings. The standard InChI is InChI=1S/C27H32N2/c1-18(2)7-13-25-21(6)16-23(26(27(25)29)14-8-19(3)4)11-9-22-10-12-24(17-28)20(5)15-22/h7-12,15-16H,13-14,29H2,1-6H3/b11-9+. The lowest BCUT2D eigenvalue weighted by Crippen LogP contribution is -2.04. The Balaban J connectivity index is 2.51. The van der Waals surface area contributed by atoms with Gasteiger partial charge in [0.2, 0.25) is 0 Å². The third kappa shape index (κ3) is 5.96. The molecule has 0 radical (unpaired) electrons. The number of nitriles is 1. The molecule has 0 atom stereocenters. The molecule has 0 aliphatic carbocycles. The zero-order valence-corrected chi connectivity index (χ0v) is 18.6. The first kappa shape index (κ1) is 22.2. The second-order valence-electron chi connectivity index (χ2n) is 8.14. The van der Waals surface area contributed by atoms with E-state index in [0.29, 0.717) is 0 Å². The van der Waals surface area contributed by atoms with E-state index >= 15 is 0 Å². The molecule has 0 saturated heterocycles. The van der Waals surface area contributed by atoms with Gasteiger partial charge in [0.15, 0.2) is 0 Å². The maximum Gasteiger partial charge on any atom is 0.0994 e. The quantitative estimate of drug-likeness (QED) is 0.333. The molecular formula is C27H32N2. The van der Waals surface area contributed by atoms with E-state index in [1.807, 2.05) is 25.1 Å². The molecular weight excluding hydrogens is 352 g/mol. The maximum absolute atomic E-state index is 9.13. The summed E-state index contributed by atoms with van der Waals surface area (Å²) in [5.74, 6) is 0. The molecule has 0 aliphatic heterocycles. The van der Waals surface area contributed by atoms with Gasteiger partial charge in [0.05, 0.1) is 11.6 Å². The van der Waals surface area contributed by atoms with Gasteiger partial charge in [-0.3, -0.25) is 0 Å². The zero-order valence-electron chi connectivity index (χ0n) is 18.6. The van der Waals surface area contributed by atoms with Gasteiger partial charge < -0.3 is 5.73 Å². The van der Waals surface area contributed by atoms with E-state index in [0.717, 1.165) is 40.8 Å². The number of benzene rings is 2. The van der Waals surface area contributed by atoms with Crippen LogP contribution in [0.15, 0.2) is 47.6 Å². The fourth-order valence-corrected chi connectivity index (χ4v) is 3.32. The summed E-state index contributed by atoms with van der Waals surface area (Å²) in [4.78, 5) is 0. The molecule has 0 saturated carbocycles. The Morgan fingerprint density at radius 1 is 0.897 bits per heavy atom. The minimum absolute atomic E-state index is 0.718. The van der Waals surface area contributed by atoms with Crippen molar-refractivity contribution in [2.45, 2.75) is 54.4 Å². The molecule has 29 heavy (non-hydrogen) atoms. The molecule has 2 rings (SSSR count). The molecule has 2 N–H and O–H groups in total. The van der Waals surface area contributed by atoms with Gasteiger partial charge in [0, 0.05) is 5.69 Å². The average molecular weight is 385 g/mol. The minimum atomic E-state index is 0.718. The molecule has 0 fully saturated rings. The number of nitrogen functional groups attached to an aromatic ring is 1. The molecule has 2 aromatic rings. The second kappa shape index (κ2) is 9.94. The summed E-state index contributed by atoms with van der Waals surface area (Å²) in [6.07, 6.45) is 10.4. The number of rotatable bonds is 6. The summed E-state index contributed by atoms with van der Waals surface area (Å²) in [5.41, 5.74) is 17.7. The van der Waals surface area contributed by atoms with Crippen molar-refractivity contribution in [2.75, 3.05) is 5.73 Å². The highest BCUT2D eigenvalue weighted by Gasteiger charge is 2.12. The van der Waals surface area contributed by atoms with Crippen LogP contribution in [-0.4, -0.2) is 0 Å². The van der Waals surface area contributed by atoms with Crippen LogP contribution >= 0.6 is 0 Å². The number of nitrogens with zero attached hydrogens (tertiary/aromatic N) is 1. The lowest BCUT2D eigenvalue weighted by molar-refractivity contribution is 1.14. The Morgan fingerprint density at radius 3 is 2.07 bits per heavy atom. The minimum Gasteiger partial charge on any atom is -0.398 e. The van der Waals surface area contributed by atoms with Gasteiger partial charge in [-0.05, 0) is 93.8 Å². The number of aryl methyl sites for hydroxylation is 2. The molecule has 0 spiro atoms. The van der Waals surface area contributed by atoms with Crippen LogP contribution < -0.4 is 5.73 Å². The predicted molar refractivity (Wildman–Crippen MR) is 127 cm³/mol. The molecule has 150 valence electrons. The van der Waals surface area contributed by atoms with Gasteiger partial charge in [-0.15, -0.1) is 0 Å². The topological polar surface area (TPSA) is 49.8 Å². The van der Waals surface area contributed by atoms with Crippen molar-refractivity contribution in [1.82, 2.24) is 0 Å². The maximum atomic E-state index is 9.13. The largest absolute Gasteiger partial charge is 0.398 e. The molecule has 2 heteroatoms. The third-order valence-electron chi connectivity index (χ3n) is 5.10. The van der Waals surface area contributed by atoms with Crippen LogP contribution in [-0.2, 0) is 12.8 Å². The fraction of sp³-hybridized carbons (Fsp3) is 0.296. The number of hydrogen-bond donors (Lipinski definition) is 1. The Hall–Kier alpha value is -3.05. The van der Waals surface area contributed by atoms with Gasteiger partial charge in [0.1, 0.15) is 0 Å². The summed E-state index contributed by atoms with van der Waals surface area (Å²) in [7, 11) is 0. The second-order valence-corrected chi connectivity index (χ2v) is 8.14.